The quantitative estimate of drug-likeness (QED) is 0.599. The van der Waals surface area contributed by atoms with Gasteiger partial charge in [-0.15, -0.1) is 0 Å². The topological polar surface area (TPSA) is 31.2 Å². The van der Waals surface area contributed by atoms with Crippen molar-refractivity contribution in [1.29, 1.82) is 0 Å². The summed E-state index contributed by atoms with van der Waals surface area (Å²) in [6.45, 7) is 4.03. The van der Waals surface area contributed by atoms with E-state index in [2.05, 4.69) is 22.5 Å². The lowest BCUT2D eigenvalue weighted by Crippen LogP contribution is -2.02. The minimum absolute atomic E-state index is 0.309. The standard InChI is InChI=1S/C9H10BrNO2/c1-7(13-2)9-5-8(10)6-11(9)3-4-12/h4-6H,1,3H2,2H3. The fraction of sp³-hybridized carbons (Fsp3) is 0.222. The lowest BCUT2D eigenvalue weighted by Gasteiger charge is -2.06. The Balaban J connectivity index is 3.03. The van der Waals surface area contributed by atoms with Crippen LogP contribution in [0.5, 0.6) is 0 Å². The summed E-state index contributed by atoms with van der Waals surface area (Å²) in [5, 5.41) is 0. The van der Waals surface area contributed by atoms with Crippen LogP contribution in [0.1, 0.15) is 5.69 Å². The van der Waals surface area contributed by atoms with Crippen LogP contribution in [0, 0.1) is 0 Å². The van der Waals surface area contributed by atoms with Crippen molar-refractivity contribution in [3.05, 3.63) is 29.0 Å². The number of hydrogen-bond acceptors (Lipinski definition) is 2. The monoisotopic (exact) mass is 243 g/mol. The van der Waals surface area contributed by atoms with Crippen LogP contribution in [0.25, 0.3) is 5.76 Å². The molecule has 0 saturated heterocycles. The zero-order valence-corrected chi connectivity index (χ0v) is 8.87. The maximum absolute atomic E-state index is 10.3. The second-order valence-electron chi connectivity index (χ2n) is 2.49. The third kappa shape index (κ3) is 2.21. The second-order valence-corrected chi connectivity index (χ2v) is 3.41. The van der Waals surface area contributed by atoms with Crippen molar-refractivity contribution in [2.24, 2.45) is 0 Å². The van der Waals surface area contributed by atoms with E-state index in [-0.39, 0.29) is 0 Å². The Morgan fingerprint density at radius 2 is 2.54 bits per heavy atom. The number of aromatic nitrogens is 1. The normalized spacial score (nSPS) is 9.69. The maximum atomic E-state index is 10.3. The Morgan fingerprint density at radius 3 is 3.08 bits per heavy atom. The summed E-state index contributed by atoms with van der Waals surface area (Å²) in [5.41, 5.74) is 0.807. The molecular formula is C9H10BrNO2. The Bertz CT molecular complexity index is 330. The van der Waals surface area contributed by atoms with Crippen molar-refractivity contribution >= 4 is 28.0 Å². The Hall–Kier alpha value is -1.03. The Kier molecular flexibility index (Phi) is 3.31. The fourth-order valence-corrected chi connectivity index (χ4v) is 1.51. The molecule has 0 aliphatic rings. The van der Waals surface area contributed by atoms with E-state index in [9.17, 15) is 4.79 Å². The number of rotatable bonds is 4. The van der Waals surface area contributed by atoms with Gasteiger partial charge in [0.05, 0.1) is 19.3 Å². The Morgan fingerprint density at radius 1 is 1.85 bits per heavy atom. The number of nitrogens with zero attached hydrogens (tertiary/aromatic N) is 1. The van der Waals surface area contributed by atoms with Crippen molar-refractivity contribution in [2.45, 2.75) is 6.54 Å². The average Bonchev–Trinajstić information content (AvgIpc) is 2.46. The predicted molar refractivity (Wildman–Crippen MR) is 54.2 cm³/mol. The van der Waals surface area contributed by atoms with Crippen molar-refractivity contribution in [2.75, 3.05) is 7.11 Å². The largest absolute Gasteiger partial charge is 0.495 e. The third-order valence-corrected chi connectivity index (χ3v) is 2.10. The van der Waals surface area contributed by atoms with Crippen LogP contribution >= 0.6 is 15.9 Å². The molecule has 0 N–H and O–H groups in total. The summed E-state index contributed by atoms with van der Waals surface area (Å²) >= 11 is 3.32. The molecule has 0 radical (unpaired) electrons. The first-order chi connectivity index (χ1) is 6.19. The number of carbonyl (C=O) groups is 1. The molecule has 1 aromatic heterocycles. The van der Waals surface area contributed by atoms with E-state index in [1.165, 1.54) is 0 Å². The van der Waals surface area contributed by atoms with Gasteiger partial charge in [-0.25, -0.2) is 0 Å². The molecule has 0 aromatic carbocycles. The molecule has 0 amide bonds. The molecule has 1 aromatic rings. The highest BCUT2D eigenvalue weighted by Crippen LogP contribution is 2.20. The van der Waals surface area contributed by atoms with Crippen LogP contribution in [0.2, 0.25) is 0 Å². The number of methoxy groups -OCH3 is 1. The summed E-state index contributed by atoms with van der Waals surface area (Å²) in [7, 11) is 1.55. The molecule has 0 unspecified atom stereocenters. The summed E-state index contributed by atoms with van der Waals surface area (Å²) in [6, 6.07) is 1.86. The molecule has 0 aliphatic carbocycles. The van der Waals surface area contributed by atoms with E-state index in [0.717, 1.165) is 16.5 Å². The van der Waals surface area contributed by atoms with E-state index in [1.54, 1.807) is 11.7 Å². The van der Waals surface area contributed by atoms with Gasteiger partial charge in [0.1, 0.15) is 12.0 Å². The van der Waals surface area contributed by atoms with Gasteiger partial charge in [0, 0.05) is 10.7 Å². The summed E-state index contributed by atoms with van der Waals surface area (Å²) < 4.78 is 7.66. The molecule has 0 aliphatic heterocycles. The first kappa shape index (κ1) is 10.1. The van der Waals surface area contributed by atoms with Crippen LogP contribution in [0.3, 0.4) is 0 Å². The molecule has 13 heavy (non-hydrogen) atoms. The third-order valence-electron chi connectivity index (χ3n) is 1.67. The lowest BCUT2D eigenvalue weighted by molar-refractivity contribution is -0.108. The summed E-state index contributed by atoms with van der Waals surface area (Å²) in [4.78, 5) is 10.3. The molecule has 3 nitrogen and oxygen atoms in total. The van der Waals surface area contributed by atoms with Crippen molar-refractivity contribution in [3.8, 4) is 0 Å². The zero-order valence-electron chi connectivity index (χ0n) is 7.29. The molecule has 0 bridgehead atoms. The van der Waals surface area contributed by atoms with Gasteiger partial charge in [-0.1, -0.05) is 6.58 Å². The van der Waals surface area contributed by atoms with Crippen molar-refractivity contribution in [3.63, 3.8) is 0 Å². The average molecular weight is 244 g/mol. The number of carbonyl (C=O) groups excluding carboxylic acids is 1. The molecule has 70 valence electrons. The molecule has 0 atom stereocenters. The van der Waals surface area contributed by atoms with E-state index in [1.807, 2.05) is 12.3 Å². The summed E-state index contributed by atoms with van der Waals surface area (Å²) in [6.07, 6.45) is 2.65. The number of halogens is 1. The molecule has 0 fully saturated rings. The van der Waals surface area contributed by atoms with Gasteiger partial charge in [-0.2, -0.15) is 0 Å². The van der Waals surface area contributed by atoms with Crippen molar-refractivity contribution < 1.29 is 9.53 Å². The van der Waals surface area contributed by atoms with Gasteiger partial charge in [0.15, 0.2) is 0 Å². The van der Waals surface area contributed by atoms with Crippen LogP contribution in [0.4, 0.5) is 0 Å². The zero-order chi connectivity index (χ0) is 9.84. The van der Waals surface area contributed by atoms with E-state index in [0.29, 0.717) is 12.3 Å². The molecule has 4 heteroatoms. The minimum Gasteiger partial charge on any atom is -0.495 e. The van der Waals surface area contributed by atoms with Gasteiger partial charge in [-0.3, -0.25) is 0 Å². The van der Waals surface area contributed by atoms with Gasteiger partial charge < -0.3 is 14.1 Å². The van der Waals surface area contributed by atoms with Crippen LogP contribution in [-0.4, -0.2) is 18.0 Å². The van der Waals surface area contributed by atoms with E-state index in [4.69, 9.17) is 4.74 Å². The minimum atomic E-state index is 0.309. The smallest absolute Gasteiger partial charge is 0.139 e. The lowest BCUT2D eigenvalue weighted by atomic mass is 10.4. The van der Waals surface area contributed by atoms with E-state index < -0.39 is 0 Å². The fourth-order valence-electron chi connectivity index (χ4n) is 1.05. The maximum Gasteiger partial charge on any atom is 0.139 e. The highest BCUT2D eigenvalue weighted by Gasteiger charge is 2.07. The van der Waals surface area contributed by atoms with Crippen molar-refractivity contribution in [1.82, 2.24) is 4.57 Å². The molecule has 0 spiro atoms. The molecular weight excluding hydrogens is 234 g/mol. The van der Waals surface area contributed by atoms with Gasteiger partial charge in [-0.05, 0) is 22.0 Å². The van der Waals surface area contributed by atoms with Crippen LogP contribution < -0.4 is 0 Å². The predicted octanol–water partition coefficient (Wildman–Crippen LogP) is 2.07. The SMILES string of the molecule is C=C(OC)c1cc(Br)cn1CC=O. The van der Waals surface area contributed by atoms with E-state index >= 15 is 0 Å². The van der Waals surface area contributed by atoms with Gasteiger partial charge in [0.2, 0.25) is 0 Å². The summed E-state index contributed by atoms with van der Waals surface area (Å²) in [5.74, 6) is 0.549. The molecule has 1 rings (SSSR count). The first-order valence-corrected chi connectivity index (χ1v) is 4.51. The van der Waals surface area contributed by atoms with Crippen LogP contribution in [-0.2, 0) is 16.1 Å². The second kappa shape index (κ2) is 4.28. The number of aldehydes is 1. The highest BCUT2D eigenvalue weighted by molar-refractivity contribution is 9.10. The van der Waals surface area contributed by atoms with Gasteiger partial charge >= 0.3 is 0 Å². The molecule has 0 saturated carbocycles. The number of ether oxygens (including phenoxy) is 1. The Labute approximate surface area is 85.1 Å². The number of hydrogen-bond donors (Lipinski definition) is 0. The van der Waals surface area contributed by atoms with Gasteiger partial charge in [0.25, 0.3) is 0 Å². The highest BCUT2D eigenvalue weighted by atomic mass is 79.9. The molecule has 1 heterocycles. The first-order valence-electron chi connectivity index (χ1n) is 3.71. The van der Waals surface area contributed by atoms with Crippen LogP contribution in [0.15, 0.2) is 23.3 Å².